The zero-order valence-electron chi connectivity index (χ0n) is 29.2. The molecule has 54 heavy (non-hydrogen) atoms. The van der Waals surface area contributed by atoms with E-state index in [2.05, 4.69) is 158 Å². The first-order valence-corrected chi connectivity index (χ1v) is 18.6. The predicted molar refractivity (Wildman–Crippen MR) is 230 cm³/mol. The summed E-state index contributed by atoms with van der Waals surface area (Å²) in [5.41, 5.74) is 6.70. The molecule has 10 aromatic carbocycles. The average molecular weight is 683 g/mol. The molecule has 0 atom stereocenters. The van der Waals surface area contributed by atoms with E-state index in [0.29, 0.717) is 0 Å². The molecular formula is C52H30N2. The maximum Gasteiger partial charge on any atom is 0.0970 e. The van der Waals surface area contributed by atoms with Gasteiger partial charge in [-0.2, -0.15) is 0 Å². The Kier molecular flexibility index (Phi) is 6.09. The fourth-order valence-corrected chi connectivity index (χ4v) is 9.43. The quantitative estimate of drug-likeness (QED) is 0.134. The Morgan fingerprint density at radius 2 is 0.759 bits per heavy atom. The first kappa shape index (κ1) is 29.4. The van der Waals surface area contributed by atoms with Crippen molar-refractivity contribution in [2.75, 3.05) is 0 Å². The van der Waals surface area contributed by atoms with Crippen LogP contribution in [-0.4, -0.2) is 9.97 Å². The van der Waals surface area contributed by atoms with Gasteiger partial charge in [-0.15, -0.1) is 0 Å². The molecule has 0 spiro atoms. The normalized spacial score (nSPS) is 12.1. The van der Waals surface area contributed by atoms with E-state index in [1.165, 1.54) is 97.7 Å². The van der Waals surface area contributed by atoms with E-state index < -0.39 is 0 Å². The molecule has 0 saturated heterocycles. The van der Waals surface area contributed by atoms with Gasteiger partial charge in [0, 0.05) is 23.2 Å². The summed E-state index contributed by atoms with van der Waals surface area (Å²) in [6.07, 6.45) is 3.73. The van der Waals surface area contributed by atoms with Crippen molar-refractivity contribution in [1.29, 1.82) is 0 Å². The molecule has 0 saturated carbocycles. The first-order valence-electron chi connectivity index (χ1n) is 18.6. The first-order chi connectivity index (χ1) is 26.8. The number of fused-ring (bicyclic) bond motifs is 10. The number of hydrogen-bond donors (Lipinski definition) is 0. The Labute approximate surface area is 310 Å². The molecule has 0 unspecified atom stereocenters. The standard InChI is InChI=1S/C52H30N2/c1-2-15-36-35(14-1)38-20-7-11-31-23-24-32-12-8-21-39(49(32)48(31)38)37-26-25-33(29-45(36)37)47-40-16-3-5-18-42(40)50(43-19-6-4-17-41(43)47)46-30-34-13-9-27-53-51(34)52-44(46)22-10-28-54-52/h1-30H. The largest absolute Gasteiger partial charge is 0.254 e. The van der Waals surface area contributed by atoms with Crippen molar-refractivity contribution in [2.24, 2.45) is 0 Å². The summed E-state index contributed by atoms with van der Waals surface area (Å²) in [7, 11) is 0. The summed E-state index contributed by atoms with van der Waals surface area (Å²) < 4.78 is 0. The Morgan fingerprint density at radius 3 is 1.41 bits per heavy atom. The van der Waals surface area contributed by atoms with Gasteiger partial charge in [0.15, 0.2) is 0 Å². The SMILES string of the molecule is c1cnc2c(c1)cc(-c1c3ccccc3c(-c3ccc4c(c3)c3ccccc3c3cccc5ccc6cccc4c6c53)c3ccccc13)c1cccnc12. The molecule has 2 heteroatoms. The zero-order valence-corrected chi connectivity index (χ0v) is 29.2. The molecule has 0 aliphatic rings. The van der Waals surface area contributed by atoms with E-state index in [0.717, 1.165) is 21.8 Å². The molecular weight excluding hydrogens is 653 g/mol. The fourth-order valence-electron chi connectivity index (χ4n) is 9.43. The van der Waals surface area contributed by atoms with E-state index >= 15 is 0 Å². The van der Waals surface area contributed by atoms with Gasteiger partial charge in [0.2, 0.25) is 0 Å². The molecule has 0 aliphatic heterocycles. The molecule has 12 rings (SSSR count). The van der Waals surface area contributed by atoms with E-state index in [1.54, 1.807) is 0 Å². The zero-order chi connectivity index (χ0) is 35.3. The third-order valence-electron chi connectivity index (χ3n) is 11.7. The van der Waals surface area contributed by atoms with Crippen LogP contribution in [0.3, 0.4) is 0 Å². The Bertz CT molecular complexity index is 3510. The van der Waals surface area contributed by atoms with Crippen molar-refractivity contribution in [3.8, 4) is 22.3 Å². The highest BCUT2D eigenvalue weighted by molar-refractivity contribution is 6.33. The van der Waals surface area contributed by atoms with Gasteiger partial charge in [0.1, 0.15) is 0 Å². The van der Waals surface area contributed by atoms with Gasteiger partial charge in [-0.3, -0.25) is 9.97 Å². The Hall–Kier alpha value is -7.16. The van der Waals surface area contributed by atoms with Gasteiger partial charge in [-0.1, -0.05) is 146 Å². The lowest BCUT2D eigenvalue weighted by atomic mass is 9.84. The molecule has 2 heterocycles. The van der Waals surface area contributed by atoms with Crippen LogP contribution in [0.1, 0.15) is 0 Å². The average Bonchev–Trinajstić information content (AvgIpc) is 3.24. The third-order valence-corrected chi connectivity index (χ3v) is 11.7. The number of pyridine rings is 2. The van der Waals surface area contributed by atoms with Crippen molar-refractivity contribution in [3.05, 3.63) is 182 Å². The van der Waals surface area contributed by atoms with Crippen molar-refractivity contribution < 1.29 is 0 Å². The van der Waals surface area contributed by atoms with Crippen molar-refractivity contribution in [1.82, 2.24) is 9.97 Å². The van der Waals surface area contributed by atoms with Crippen LogP contribution in [0.25, 0.3) is 119 Å². The van der Waals surface area contributed by atoms with Crippen LogP contribution >= 0.6 is 0 Å². The molecule has 0 N–H and O–H groups in total. The molecule has 0 amide bonds. The van der Waals surface area contributed by atoms with Gasteiger partial charge < -0.3 is 0 Å². The van der Waals surface area contributed by atoms with E-state index in [9.17, 15) is 0 Å². The van der Waals surface area contributed by atoms with Crippen LogP contribution in [0.5, 0.6) is 0 Å². The van der Waals surface area contributed by atoms with Crippen LogP contribution in [-0.2, 0) is 0 Å². The van der Waals surface area contributed by atoms with Gasteiger partial charge in [-0.25, -0.2) is 0 Å². The molecule has 2 aromatic heterocycles. The molecule has 12 aromatic rings. The van der Waals surface area contributed by atoms with E-state index in [4.69, 9.17) is 9.97 Å². The fraction of sp³-hybridized carbons (Fsp3) is 0. The molecule has 0 aliphatic carbocycles. The van der Waals surface area contributed by atoms with Crippen molar-refractivity contribution in [2.45, 2.75) is 0 Å². The highest BCUT2D eigenvalue weighted by Gasteiger charge is 2.20. The van der Waals surface area contributed by atoms with Crippen LogP contribution in [0.2, 0.25) is 0 Å². The second-order valence-electron chi connectivity index (χ2n) is 14.4. The summed E-state index contributed by atoms with van der Waals surface area (Å²) in [6.45, 7) is 0. The maximum atomic E-state index is 4.87. The van der Waals surface area contributed by atoms with Crippen molar-refractivity contribution in [3.63, 3.8) is 0 Å². The number of hydrogen-bond acceptors (Lipinski definition) is 2. The minimum atomic E-state index is 0.926. The lowest BCUT2D eigenvalue weighted by Gasteiger charge is -2.20. The van der Waals surface area contributed by atoms with Gasteiger partial charge in [0.25, 0.3) is 0 Å². The summed E-state index contributed by atoms with van der Waals surface area (Å²) in [4.78, 5) is 9.63. The number of nitrogens with zero attached hydrogens (tertiary/aromatic N) is 2. The van der Waals surface area contributed by atoms with Crippen LogP contribution in [0, 0.1) is 0 Å². The minimum absolute atomic E-state index is 0.926. The summed E-state index contributed by atoms with van der Waals surface area (Å²) in [5, 5.41) is 19.8. The maximum absolute atomic E-state index is 4.87. The van der Waals surface area contributed by atoms with E-state index in [1.807, 2.05) is 24.5 Å². The summed E-state index contributed by atoms with van der Waals surface area (Å²) in [5.74, 6) is 0. The lowest BCUT2D eigenvalue weighted by molar-refractivity contribution is 1.37. The number of benzene rings is 9. The minimum Gasteiger partial charge on any atom is -0.254 e. The molecule has 2 nitrogen and oxygen atoms in total. The summed E-state index contributed by atoms with van der Waals surface area (Å²) in [6, 6.07) is 62.8. The summed E-state index contributed by atoms with van der Waals surface area (Å²) >= 11 is 0. The second-order valence-corrected chi connectivity index (χ2v) is 14.4. The highest BCUT2D eigenvalue weighted by Crippen LogP contribution is 2.47. The topological polar surface area (TPSA) is 25.8 Å². The Balaban J connectivity index is 1.24. The van der Waals surface area contributed by atoms with Crippen LogP contribution < -0.4 is 0 Å². The highest BCUT2D eigenvalue weighted by atomic mass is 14.7. The molecule has 248 valence electrons. The predicted octanol–water partition coefficient (Wildman–Crippen LogP) is 14.2. The monoisotopic (exact) mass is 682 g/mol. The van der Waals surface area contributed by atoms with Gasteiger partial charge in [-0.05, 0) is 122 Å². The molecule has 0 bridgehead atoms. The molecule has 0 fully saturated rings. The third kappa shape index (κ3) is 4.05. The Morgan fingerprint density at radius 1 is 0.278 bits per heavy atom. The second kappa shape index (κ2) is 11.2. The van der Waals surface area contributed by atoms with E-state index in [-0.39, 0.29) is 0 Å². The lowest BCUT2D eigenvalue weighted by Crippen LogP contribution is -1.93. The van der Waals surface area contributed by atoms with Gasteiger partial charge >= 0.3 is 0 Å². The number of aromatic nitrogens is 2. The van der Waals surface area contributed by atoms with Crippen LogP contribution in [0.4, 0.5) is 0 Å². The van der Waals surface area contributed by atoms with Crippen molar-refractivity contribution >= 4 is 97.2 Å². The smallest absolute Gasteiger partial charge is 0.0970 e. The number of rotatable bonds is 2. The van der Waals surface area contributed by atoms with Crippen LogP contribution in [0.15, 0.2) is 182 Å². The van der Waals surface area contributed by atoms with Gasteiger partial charge in [0.05, 0.1) is 11.0 Å². The molecule has 0 radical (unpaired) electrons.